The Morgan fingerprint density at radius 1 is 0.943 bits per heavy atom. The van der Waals surface area contributed by atoms with Gasteiger partial charge >= 0.3 is 6.03 Å². The lowest BCUT2D eigenvalue weighted by atomic mass is 10.2. The molecule has 3 rings (SSSR count). The Hall–Kier alpha value is -4.08. The van der Waals surface area contributed by atoms with Crippen molar-refractivity contribution in [3.8, 4) is 11.5 Å². The summed E-state index contributed by atoms with van der Waals surface area (Å²) in [6.45, 7) is 4.54. The van der Waals surface area contributed by atoms with Crippen molar-refractivity contribution in [2.45, 2.75) is 26.7 Å². The predicted octanol–water partition coefficient (Wildman–Crippen LogP) is 3.35. The number of imide groups is 1. The van der Waals surface area contributed by atoms with E-state index in [1.807, 2.05) is 19.9 Å². The van der Waals surface area contributed by atoms with Crippen LogP contribution in [0.3, 0.4) is 0 Å². The molecular weight excluding hydrogens is 452 g/mol. The number of benzene rings is 2. The second-order valence-electron chi connectivity index (χ2n) is 7.87. The SMILES string of the molecule is CCOc1cc(NC(=O)c2ccccc2)c(OCC)cc1NC(=O)CCCN1C(=O)CN(C)C1=O. The van der Waals surface area contributed by atoms with Crippen LogP contribution in [-0.2, 0) is 9.59 Å². The second kappa shape index (κ2) is 11.9. The Morgan fingerprint density at radius 3 is 2.09 bits per heavy atom. The lowest BCUT2D eigenvalue weighted by Gasteiger charge is -2.18. The summed E-state index contributed by atoms with van der Waals surface area (Å²) in [6.07, 6.45) is 0.424. The highest BCUT2D eigenvalue weighted by Gasteiger charge is 2.32. The van der Waals surface area contributed by atoms with E-state index >= 15 is 0 Å². The fraction of sp³-hybridized carbons (Fsp3) is 0.360. The second-order valence-corrected chi connectivity index (χ2v) is 7.87. The van der Waals surface area contributed by atoms with Crippen molar-refractivity contribution in [1.82, 2.24) is 9.80 Å². The van der Waals surface area contributed by atoms with Crippen LogP contribution in [0.4, 0.5) is 16.2 Å². The van der Waals surface area contributed by atoms with Gasteiger partial charge in [0.25, 0.3) is 5.91 Å². The van der Waals surface area contributed by atoms with Crippen molar-refractivity contribution in [3.05, 3.63) is 48.0 Å². The van der Waals surface area contributed by atoms with E-state index < -0.39 is 0 Å². The van der Waals surface area contributed by atoms with Gasteiger partial charge in [0.05, 0.1) is 24.6 Å². The number of carbonyl (C=O) groups is 4. The Morgan fingerprint density at radius 2 is 1.54 bits per heavy atom. The van der Waals surface area contributed by atoms with Crippen LogP contribution in [0.1, 0.15) is 37.0 Å². The van der Waals surface area contributed by atoms with Crippen LogP contribution in [0.15, 0.2) is 42.5 Å². The summed E-state index contributed by atoms with van der Waals surface area (Å²) < 4.78 is 11.4. The fourth-order valence-electron chi connectivity index (χ4n) is 3.59. The largest absolute Gasteiger partial charge is 0.492 e. The van der Waals surface area contributed by atoms with Gasteiger partial charge in [-0.3, -0.25) is 19.3 Å². The van der Waals surface area contributed by atoms with Crippen LogP contribution in [0.2, 0.25) is 0 Å². The lowest BCUT2D eigenvalue weighted by molar-refractivity contribution is -0.125. The van der Waals surface area contributed by atoms with Gasteiger partial charge in [-0.15, -0.1) is 0 Å². The molecule has 35 heavy (non-hydrogen) atoms. The van der Waals surface area contributed by atoms with Crippen molar-refractivity contribution in [1.29, 1.82) is 0 Å². The summed E-state index contributed by atoms with van der Waals surface area (Å²) in [5, 5.41) is 5.65. The minimum absolute atomic E-state index is 0.0517. The molecule has 0 aromatic heterocycles. The number of amides is 5. The molecule has 0 spiro atoms. The number of nitrogens with one attached hydrogen (secondary N) is 2. The molecule has 0 aliphatic carbocycles. The van der Waals surface area contributed by atoms with Gasteiger partial charge in [-0.25, -0.2) is 4.79 Å². The maximum Gasteiger partial charge on any atom is 0.326 e. The maximum absolute atomic E-state index is 12.7. The van der Waals surface area contributed by atoms with Gasteiger partial charge in [0.15, 0.2) is 0 Å². The van der Waals surface area contributed by atoms with Gasteiger partial charge in [-0.1, -0.05) is 18.2 Å². The standard InChI is InChI=1S/C25H30N4O6/c1-4-34-20-15-19(27-24(32)17-10-7-6-8-11-17)21(35-5-2)14-18(20)26-22(30)12-9-13-29-23(31)16-28(3)25(29)33/h6-8,10-11,14-15H,4-5,9,12-13,16H2,1-3H3,(H,26,30)(H,27,32). The van der Waals surface area contributed by atoms with E-state index in [0.29, 0.717) is 48.1 Å². The van der Waals surface area contributed by atoms with Crippen molar-refractivity contribution in [2.75, 3.05) is 44.0 Å². The smallest absolute Gasteiger partial charge is 0.326 e. The minimum atomic E-state index is -0.358. The zero-order chi connectivity index (χ0) is 25.4. The third kappa shape index (κ3) is 6.50. The highest BCUT2D eigenvalue weighted by Crippen LogP contribution is 2.37. The van der Waals surface area contributed by atoms with Gasteiger partial charge in [0.2, 0.25) is 11.8 Å². The van der Waals surface area contributed by atoms with Gasteiger partial charge in [0, 0.05) is 37.7 Å². The van der Waals surface area contributed by atoms with Crippen LogP contribution in [0, 0.1) is 0 Å². The molecule has 0 unspecified atom stereocenters. The average Bonchev–Trinajstić information content (AvgIpc) is 3.08. The highest BCUT2D eigenvalue weighted by atomic mass is 16.5. The van der Waals surface area contributed by atoms with Crippen LogP contribution in [0.25, 0.3) is 0 Å². The molecule has 186 valence electrons. The Balaban J connectivity index is 1.71. The third-order valence-electron chi connectivity index (χ3n) is 5.26. The molecule has 2 aromatic rings. The van der Waals surface area contributed by atoms with E-state index in [1.165, 1.54) is 4.90 Å². The zero-order valence-electron chi connectivity index (χ0n) is 20.1. The molecule has 10 heteroatoms. The fourth-order valence-corrected chi connectivity index (χ4v) is 3.59. The molecule has 1 aliphatic rings. The molecule has 0 bridgehead atoms. The van der Waals surface area contributed by atoms with Crippen LogP contribution in [-0.4, -0.2) is 66.9 Å². The number of rotatable bonds is 11. The molecule has 1 saturated heterocycles. The van der Waals surface area contributed by atoms with Crippen molar-refractivity contribution < 1.29 is 28.7 Å². The van der Waals surface area contributed by atoms with E-state index in [9.17, 15) is 19.2 Å². The normalized spacial score (nSPS) is 13.1. The number of carbonyl (C=O) groups excluding carboxylic acids is 4. The first kappa shape index (κ1) is 25.5. The summed E-state index contributed by atoms with van der Waals surface area (Å²) in [6, 6.07) is 11.6. The Bertz CT molecular complexity index is 1090. The van der Waals surface area contributed by atoms with Crippen molar-refractivity contribution in [2.24, 2.45) is 0 Å². The van der Waals surface area contributed by atoms with E-state index in [1.54, 1.807) is 43.4 Å². The van der Waals surface area contributed by atoms with Gasteiger partial charge < -0.3 is 25.0 Å². The van der Waals surface area contributed by atoms with Crippen LogP contribution in [0.5, 0.6) is 11.5 Å². The zero-order valence-corrected chi connectivity index (χ0v) is 20.1. The van der Waals surface area contributed by atoms with Crippen LogP contribution < -0.4 is 20.1 Å². The third-order valence-corrected chi connectivity index (χ3v) is 5.26. The number of anilines is 2. The summed E-state index contributed by atoms with van der Waals surface area (Å²) in [4.78, 5) is 51.6. The molecule has 10 nitrogen and oxygen atoms in total. The van der Waals surface area contributed by atoms with Crippen molar-refractivity contribution >= 4 is 35.1 Å². The monoisotopic (exact) mass is 482 g/mol. The number of hydrogen-bond acceptors (Lipinski definition) is 6. The van der Waals surface area contributed by atoms with Gasteiger partial charge in [0.1, 0.15) is 18.0 Å². The topological polar surface area (TPSA) is 117 Å². The molecule has 0 atom stereocenters. The predicted molar refractivity (Wildman–Crippen MR) is 131 cm³/mol. The van der Waals surface area contributed by atoms with Gasteiger partial charge in [-0.05, 0) is 32.4 Å². The van der Waals surface area contributed by atoms with E-state index in [0.717, 1.165) is 4.90 Å². The molecule has 5 amide bonds. The summed E-state index contributed by atoms with van der Waals surface area (Å²) in [5.74, 6) is -0.124. The first-order chi connectivity index (χ1) is 16.8. The summed E-state index contributed by atoms with van der Waals surface area (Å²) in [5.41, 5.74) is 1.30. The molecular formula is C25H30N4O6. The van der Waals surface area contributed by atoms with Gasteiger partial charge in [-0.2, -0.15) is 0 Å². The molecule has 1 fully saturated rings. The Kier molecular flexibility index (Phi) is 8.66. The molecule has 1 aliphatic heterocycles. The number of ether oxygens (including phenoxy) is 2. The molecule has 2 N–H and O–H groups in total. The average molecular weight is 483 g/mol. The summed E-state index contributed by atoms with van der Waals surface area (Å²) in [7, 11) is 1.56. The lowest BCUT2D eigenvalue weighted by Crippen LogP contribution is -2.32. The molecule has 1 heterocycles. The molecule has 2 aromatic carbocycles. The van der Waals surface area contributed by atoms with E-state index in [-0.39, 0.29) is 43.3 Å². The minimum Gasteiger partial charge on any atom is -0.492 e. The number of urea groups is 1. The molecule has 0 radical (unpaired) electrons. The molecule has 0 saturated carbocycles. The van der Waals surface area contributed by atoms with E-state index in [2.05, 4.69) is 10.6 Å². The van der Waals surface area contributed by atoms with Crippen molar-refractivity contribution in [3.63, 3.8) is 0 Å². The van der Waals surface area contributed by atoms with E-state index in [4.69, 9.17) is 9.47 Å². The number of hydrogen-bond donors (Lipinski definition) is 2. The maximum atomic E-state index is 12.7. The quantitative estimate of drug-likeness (QED) is 0.475. The number of likely N-dealkylation sites (N-methyl/N-ethyl adjacent to an activating group) is 1. The first-order valence-corrected chi connectivity index (χ1v) is 11.5. The number of nitrogens with zero attached hydrogens (tertiary/aromatic N) is 2. The highest BCUT2D eigenvalue weighted by molar-refractivity contribution is 6.05. The van der Waals surface area contributed by atoms with Crippen LogP contribution >= 0.6 is 0 Å². The summed E-state index contributed by atoms with van der Waals surface area (Å²) >= 11 is 0. The Labute approximate surface area is 204 Å². The first-order valence-electron chi connectivity index (χ1n) is 11.5.